The molecule has 18 aromatic carbocycles. The number of furan rings is 2. The van der Waals surface area contributed by atoms with Crippen LogP contribution in [0.3, 0.4) is 0 Å². The summed E-state index contributed by atoms with van der Waals surface area (Å²) in [6.45, 7) is 0. The van der Waals surface area contributed by atoms with Crippen LogP contribution in [-0.2, 0) is 0 Å². The third kappa shape index (κ3) is 9.69. The molecule has 0 aliphatic carbocycles. The standard InChI is InChI=1S/2C32H20O.C32H20S/c1-2-11-21(12-3-1)30-23-14-4-6-16-25(23)31(26-17-7-5-15-24(26)30)28-19-10-18-27-22-13-8-9-20-29(22)33-32(27)28;1-2-10-21(11-3-1)31-24-13-4-6-15-26(24)32(27-16-7-5-14-25(27)31)22-18-19-30-28(20-22)23-12-8-9-17-29(23)33-30;1-2-11-21(12-3-1)30-23-14-4-6-16-25(23)31(26-17-7-5-15-24(26)30)28-19-10-18-27-22-13-8-9-20-29(22)33-32(27)28/h3*1-20H/i8D,9D,13D,20D;1D,2D,3D,10D,11D;8D,9D,13D,20D. The molecule has 3 aromatic heterocycles. The van der Waals surface area contributed by atoms with Gasteiger partial charge in [0.1, 0.15) is 22.3 Å². The van der Waals surface area contributed by atoms with Gasteiger partial charge in [0.25, 0.3) is 0 Å². The van der Waals surface area contributed by atoms with Gasteiger partial charge in [-0.15, -0.1) is 11.3 Å². The summed E-state index contributed by atoms with van der Waals surface area (Å²) in [7, 11) is 0. The number of benzene rings is 18. The number of para-hydroxylation sites is 3. The quantitative estimate of drug-likeness (QED) is 0.155. The van der Waals surface area contributed by atoms with Crippen molar-refractivity contribution in [3.05, 3.63) is 364 Å². The first-order valence-corrected chi connectivity index (χ1v) is 33.6. The van der Waals surface area contributed by atoms with E-state index in [0.717, 1.165) is 125 Å². The zero-order chi connectivity index (χ0) is 76.6. The van der Waals surface area contributed by atoms with E-state index in [9.17, 15) is 0 Å². The van der Waals surface area contributed by atoms with Crippen LogP contribution in [0.5, 0.6) is 0 Å². The van der Waals surface area contributed by atoms with Gasteiger partial charge in [0.05, 0.1) is 17.8 Å². The van der Waals surface area contributed by atoms with Crippen molar-refractivity contribution in [2.75, 3.05) is 0 Å². The molecule has 0 amide bonds. The van der Waals surface area contributed by atoms with E-state index in [4.69, 9.17) is 26.7 Å². The van der Waals surface area contributed by atoms with Gasteiger partial charge < -0.3 is 8.83 Å². The summed E-state index contributed by atoms with van der Waals surface area (Å²) >= 11 is 1.45. The van der Waals surface area contributed by atoms with Crippen molar-refractivity contribution in [2.45, 2.75) is 0 Å². The Morgan fingerprint density at radius 1 is 0.212 bits per heavy atom. The van der Waals surface area contributed by atoms with Crippen LogP contribution in [0.2, 0.25) is 0 Å². The van der Waals surface area contributed by atoms with E-state index >= 15 is 0 Å². The molecular formula is C96H60O2S. The number of thiophene rings is 1. The minimum Gasteiger partial charge on any atom is -0.456 e. The second-order valence-corrected chi connectivity index (χ2v) is 25.6. The maximum atomic E-state index is 8.71. The summed E-state index contributed by atoms with van der Waals surface area (Å²) in [5.74, 6) is 0. The van der Waals surface area contributed by atoms with Crippen molar-refractivity contribution in [3.8, 4) is 66.8 Å². The van der Waals surface area contributed by atoms with Crippen LogP contribution in [0.15, 0.2) is 373 Å². The van der Waals surface area contributed by atoms with Crippen molar-refractivity contribution in [1.82, 2.24) is 0 Å². The van der Waals surface area contributed by atoms with Crippen LogP contribution in [0.4, 0.5) is 0 Å². The third-order valence-electron chi connectivity index (χ3n) is 19.2. The Morgan fingerprint density at radius 3 is 1.13 bits per heavy atom. The zero-order valence-corrected chi connectivity index (χ0v) is 53.7. The topological polar surface area (TPSA) is 26.3 Å². The largest absolute Gasteiger partial charge is 0.456 e. The van der Waals surface area contributed by atoms with Crippen molar-refractivity contribution in [3.63, 3.8) is 0 Å². The zero-order valence-electron chi connectivity index (χ0n) is 65.9. The van der Waals surface area contributed by atoms with Gasteiger partial charge in [0, 0.05) is 58.4 Å². The molecule has 99 heavy (non-hydrogen) atoms. The second-order valence-electron chi connectivity index (χ2n) is 24.5. The van der Waals surface area contributed by atoms with E-state index in [0.29, 0.717) is 32.0 Å². The maximum absolute atomic E-state index is 8.71. The van der Waals surface area contributed by atoms with E-state index < -0.39 is 6.04 Å². The molecule has 21 aromatic rings. The molecule has 0 atom stereocenters. The molecule has 0 bridgehead atoms. The summed E-state index contributed by atoms with van der Waals surface area (Å²) in [6, 6.07) is 93.9. The summed E-state index contributed by atoms with van der Waals surface area (Å²) in [5.41, 5.74) is 14.1. The summed E-state index contributed by atoms with van der Waals surface area (Å²) in [4.78, 5) is 0. The van der Waals surface area contributed by atoms with Gasteiger partial charge in [0.2, 0.25) is 0 Å². The predicted molar refractivity (Wildman–Crippen MR) is 424 cm³/mol. The minimum atomic E-state index is -0.394. The fourth-order valence-electron chi connectivity index (χ4n) is 15.1. The smallest absolute Gasteiger partial charge is 0.143 e. The monoisotopic (exact) mass is 1290 g/mol. The second kappa shape index (κ2) is 24.2. The van der Waals surface area contributed by atoms with Crippen LogP contribution in [0.25, 0.3) is 195 Å². The minimum absolute atomic E-state index is 0.0218. The molecule has 3 heterocycles. The Morgan fingerprint density at radius 2 is 0.596 bits per heavy atom. The molecule has 0 saturated carbocycles. The maximum Gasteiger partial charge on any atom is 0.143 e. The van der Waals surface area contributed by atoms with Gasteiger partial charge in [-0.3, -0.25) is 0 Å². The average molecular weight is 1290 g/mol. The summed E-state index contributed by atoms with van der Waals surface area (Å²) in [6.07, 6.45) is 0. The summed E-state index contributed by atoms with van der Waals surface area (Å²) in [5, 5.41) is 17.2. The molecule has 0 aliphatic heterocycles. The lowest BCUT2D eigenvalue weighted by Crippen LogP contribution is -1.90. The van der Waals surface area contributed by atoms with Gasteiger partial charge in [0.15, 0.2) is 0 Å². The van der Waals surface area contributed by atoms with Crippen LogP contribution < -0.4 is 0 Å². The van der Waals surface area contributed by atoms with E-state index in [-0.39, 0.29) is 83.7 Å². The molecule has 21 rings (SSSR count). The molecule has 0 fully saturated rings. The van der Waals surface area contributed by atoms with E-state index in [2.05, 4.69) is 158 Å². The first-order valence-electron chi connectivity index (χ1n) is 39.3. The SMILES string of the molecule is [2H]c1c([2H])c([2H])c(-c2c3ccccc3c(-c3ccc4oc5ccccc5c4c3)c3ccccc23)c([2H])c1[2H].[2H]c1c([2H])c([2H])c2c(oc3c(-c4c5ccccc5c(-c5ccccc5)c5ccccc45)cccc32)c1[2H].[2H]c1c([2H])c([2H])c2c(sc3c(-c4c5ccccc5c(-c5ccccc5)c5ccccc45)cccc32)c1[2H]. The van der Waals surface area contributed by atoms with Crippen molar-refractivity contribution >= 4 is 140 Å². The molecule has 0 aliphatic rings. The Labute approximate surface area is 594 Å². The molecule has 2 nitrogen and oxygen atoms in total. The van der Waals surface area contributed by atoms with Crippen molar-refractivity contribution in [2.24, 2.45) is 0 Å². The van der Waals surface area contributed by atoms with Gasteiger partial charge in [-0.2, -0.15) is 0 Å². The number of hydrogen-bond donors (Lipinski definition) is 0. The van der Waals surface area contributed by atoms with Gasteiger partial charge >= 0.3 is 0 Å². The van der Waals surface area contributed by atoms with Gasteiger partial charge in [-0.25, -0.2) is 0 Å². The fourth-order valence-corrected chi connectivity index (χ4v) is 16.2. The number of hydrogen-bond acceptors (Lipinski definition) is 3. The molecule has 0 radical (unpaired) electrons. The van der Waals surface area contributed by atoms with E-state index in [1.54, 1.807) is 0 Å². The lowest BCUT2D eigenvalue weighted by atomic mass is 9.85. The summed E-state index contributed by atoms with van der Waals surface area (Å²) < 4.78 is 123. The molecule has 0 saturated heterocycles. The molecule has 462 valence electrons. The van der Waals surface area contributed by atoms with Gasteiger partial charge in [-0.1, -0.05) is 333 Å². The number of rotatable bonds is 6. The normalized spacial score (nSPS) is 13.5. The first-order chi connectivity index (χ1) is 54.6. The Bertz CT molecular complexity index is 7060. The highest BCUT2D eigenvalue weighted by atomic mass is 32.1. The fraction of sp³-hybridized carbons (Fsp3) is 0. The Hall–Kier alpha value is -12.7. The highest BCUT2D eigenvalue weighted by Crippen LogP contribution is 2.51. The predicted octanol–water partition coefficient (Wildman–Crippen LogP) is 28.1. The molecule has 3 heteroatoms. The lowest BCUT2D eigenvalue weighted by Gasteiger charge is -2.18. The van der Waals surface area contributed by atoms with Crippen LogP contribution in [-0.4, -0.2) is 0 Å². The average Bonchev–Trinajstić information content (AvgIpc) is 1.23. The van der Waals surface area contributed by atoms with E-state index in [1.165, 1.54) is 38.8 Å². The molecule has 0 unspecified atom stereocenters. The molecule has 0 N–H and O–H groups in total. The Balaban J connectivity index is 0.000000113. The molecule has 0 spiro atoms. The van der Waals surface area contributed by atoms with Gasteiger partial charge in [-0.05, 0) is 145 Å². The van der Waals surface area contributed by atoms with Crippen molar-refractivity contribution in [1.29, 1.82) is 0 Å². The first kappa shape index (κ1) is 45.7. The highest BCUT2D eigenvalue weighted by molar-refractivity contribution is 7.26. The lowest BCUT2D eigenvalue weighted by molar-refractivity contribution is 0.669. The van der Waals surface area contributed by atoms with E-state index in [1.807, 2.05) is 127 Å². The number of fused-ring (bicyclic) bond motifs is 15. The highest BCUT2D eigenvalue weighted by Gasteiger charge is 2.23. The van der Waals surface area contributed by atoms with Crippen LogP contribution in [0.1, 0.15) is 17.8 Å². The van der Waals surface area contributed by atoms with Crippen LogP contribution in [0, 0.1) is 0 Å². The van der Waals surface area contributed by atoms with Crippen LogP contribution >= 0.6 is 11.3 Å². The third-order valence-corrected chi connectivity index (χ3v) is 20.3. The van der Waals surface area contributed by atoms with Crippen molar-refractivity contribution < 1.29 is 26.7 Å². The Kier molecular flexibility index (Phi) is 11.2. The molecular weight excluding hydrogens is 1220 g/mol.